The second kappa shape index (κ2) is 4.86. The first kappa shape index (κ1) is 11.4. The van der Waals surface area contributed by atoms with Gasteiger partial charge < -0.3 is 16.8 Å². The molecule has 1 aliphatic rings. The first-order chi connectivity index (χ1) is 8.15. The Kier molecular flexibility index (Phi) is 3.27. The first-order valence-corrected chi connectivity index (χ1v) is 5.60. The lowest BCUT2D eigenvalue weighted by Gasteiger charge is -2.03. The molecule has 1 amide bonds. The molecule has 0 aliphatic heterocycles. The molecule has 0 saturated heterocycles. The van der Waals surface area contributed by atoms with Gasteiger partial charge in [0.05, 0.1) is 6.54 Å². The number of primary amides is 1. The van der Waals surface area contributed by atoms with Gasteiger partial charge in [0.15, 0.2) is 5.96 Å². The van der Waals surface area contributed by atoms with Crippen molar-refractivity contribution in [3.05, 3.63) is 35.4 Å². The Hall–Kier alpha value is -2.04. The molecular formula is C12H16N4O. The largest absolute Gasteiger partial charge is 0.370 e. The second-order valence-electron chi connectivity index (χ2n) is 4.18. The van der Waals surface area contributed by atoms with Crippen molar-refractivity contribution in [3.63, 3.8) is 0 Å². The van der Waals surface area contributed by atoms with Crippen molar-refractivity contribution in [1.29, 1.82) is 0 Å². The number of hydrogen-bond donors (Lipinski definition) is 3. The summed E-state index contributed by atoms with van der Waals surface area (Å²) >= 11 is 0. The third-order valence-corrected chi connectivity index (χ3v) is 2.60. The van der Waals surface area contributed by atoms with Gasteiger partial charge in [-0.05, 0) is 30.5 Å². The van der Waals surface area contributed by atoms with Gasteiger partial charge in [0.25, 0.3) is 0 Å². The lowest BCUT2D eigenvalue weighted by Crippen LogP contribution is -2.33. The van der Waals surface area contributed by atoms with Crippen molar-refractivity contribution in [3.8, 4) is 0 Å². The summed E-state index contributed by atoms with van der Waals surface area (Å²) in [7, 11) is 0. The van der Waals surface area contributed by atoms with Crippen LogP contribution >= 0.6 is 0 Å². The predicted molar refractivity (Wildman–Crippen MR) is 66.4 cm³/mol. The van der Waals surface area contributed by atoms with Crippen molar-refractivity contribution >= 4 is 11.9 Å². The van der Waals surface area contributed by atoms with Crippen molar-refractivity contribution < 1.29 is 4.79 Å². The number of nitrogens with one attached hydrogen (secondary N) is 1. The van der Waals surface area contributed by atoms with E-state index in [1.54, 1.807) is 12.1 Å². The van der Waals surface area contributed by atoms with Gasteiger partial charge in [0.1, 0.15) is 0 Å². The molecule has 0 radical (unpaired) electrons. The number of hydrogen-bond acceptors (Lipinski definition) is 2. The van der Waals surface area contributed by atoms with Gasteiger partial charge >= 0.3 is 0 Å². The van der Waals surface area contributed by atoms with Gasteiger partial charge in [-0.15, -0.1) is 0 Å². The fourth-order valence-electron chi connectivity index (χ4n) is 1.43. The number of amides is 1. The monoisotopic (exact) mass is 232 g/mol. The van der Waals surface area contributed by atoms with Gasteiger partial charge in [-0.1, -0.05) is 12.1 Å². The van der Waals surface area contributed by atoms with Crippen LogP contribution in [0.1, 0.15) is 28.8 Å². The number of nitrogens with zero attached hydrogens (tertiary/aromatic N) is 1. The minimum atomic E-state index is -0.421. The van der Waals surface area contributed by atoms with Crippen LogP contribution in [0, 0.1) is 0 Å². The summed E-state index contributed by atoms with van der Waals surface area (Å²) in [5.41, 5.74) is 12.4. The lowest BCUT2D eigenvalue weighted by atomic mass is 10.1. The number of guanidine groups is 1. The van der Waals surface area contributed by atoms with E-state index in [1.807, 2.05) is 12.1 Å². The topological polar surface area (TPSA) is 93.5 Å². The summed E-state index contributed by atoms with van der Waals surface area (Å²) in [4.78, 5) is 15.1. The summed E-state index contributed by atoms with van der Waals surface area (Å²) < 4.78 is 0. The van der Waals surface area contributed by atoms with E-state index < -0.39 is 5.91 Å². The Morgan fingerprint density at radius 1 is 1.29 bits per heavy atom. The SMILES string of the molecule is NC(=O)c1ccc(CN=C(N)NC2CC2)cc1. The van der Waals surface area contributed by atoms with E-state index in [-0.39, 0.29) is 0 Å². The molecule has 1 aromatic rings. The third kappa shape index (κ3) is 3.48. The third-order valence-electron chi connectivity index (χ3n) is 2.60. The van der Waals surface area contributed by atoms with Crippen LogP contribution in [0.15, 0.2) is 29.3 Å². The summed E-state index contributed by atoms with van der Waals surface area (Å²) in [6.07, 6.45) is 2.34. The molecule has 1 saturated carbocycles. The summed E-state index contributed by atoms with van der Waals surface area (Å²) in [6.45, 7) is 0.505. The Morgan fingerprint density at radius 3 is 2.47 bits per heavy atom. The number of aliphatic imine (C=N–C) groups is 1. The van der Waals surface area contributed by atoms with E-state index in [2.05, 4.69) is 10.3 Å². The zero-order valence-electron chi connectivity index (χ0n) is 9.52. The molecular weight excluding hydrogens is 216 g/mol. The van der Waals surface area contributed by atoms with Crippen molar-refractivity contribution in [2.24, 2.45) is 16.5 Å². The number of rotatable bonds is 4. The normalized spacial score (nSPS) is 15.6. The van der Waals surface area contributed by atoms with E-state index in [0.717, 1.165) is 5.56 Å². The summed E-state index contributed by atoms with van der Waals surface area (Å²) in [6, 6.07) is 7.55. The van der Waals surface area contributed by atoms with Crippen molar-refractivity contribution in [2.75, 3.05) is 0 Å². The molecule has 5 heteroatoms. The number of carbonyl (C=O) groups is 1. The van der Waals surface area contributed by atoms with Crippen LogP contribution in [0.2, 0.25) is 0 Å². The molecule has 0 aromatic heterocycles. The van der Waals surface area contributed by atoms with Gasteiger partial charge in [0, 0.05) is 11.6 Å². The number of carbonyl (C=O) groups excluding carboxylic acids is 1. The van der Waals surface area contributed by atoms with Crippen molar-refractivity contribution in [2.45, 2.75) is 25.4 Å². The molecule has 17 heavy (non-hydrogen) atoms. The van der Waals surface area contributed by atoms with Gasteiger partial charge in [-0.25, -0.2) is 4.99 Å². The highest BCUT2D eigenvalue weighted by atomic mass is 16.1. The van der Waals surface area contributed by atoms with Crippen LogP contribution < -0.4 is 16.8 Å². The molecule has 1 aromatic carbocycles. The van der Waals surface area contributed by atoms with E-state index in [0.29, 0.717) is 24.1 Å². The second-order valence-corrected chi connectivity index (χ2v) is 4.18. The maximum atomic E-state index is 10.9. The maximum absolute atomic E-state index is 10.9. The Balaban J connectivity index is 1.91. The van der Waals surface area contributed by atoms with Crippen LogP contribution in [0.4, 0.5) is 0 Å². The molecule has 5 nitrogen and oxygen atoms in total. The minimum absolute atomic E-state index is 0.421. The molecule has 0 spiro atoms. The molecule has 0 atom stereocenters. The van der Waals surface area contributed by atoms with Gasteiger partial charge in [-0.2, -0.15) is 0 Å². The molecule has 0 heterocycles. The van der Waals surface area contributed by atoms with E-state index in [1.165, 1.54) is 12.8 Å². The highest BCUT2D eigenvalue weighted by Gasteiger charge is 2.21. The molecule has 90 valence electrons. The highest BCUT2D eigenvalue weighted by molar-refractivity contribution is 5.92. The summed E-state index contributed by atoms with van der Waals surface area (Å²) in [5.74, 6) is 0.0569. The predicted octanol–water partition coefficient (Wildman–Crippen LogP) is 0.352. The smallest absolute Gasteiger partial charge is 0.248 e. The highest BCUT2D eigenvalue weighted by Crippen LogP contribution is 2.18. The Bertz CT molecular complexity index is 434. The number of nitrogens with two attached hydrogens (primary N) is 2. The molecule has 0 bridgehead atoms. The van der Waals surface area contributed by atoms with E-state index in [4.69, 9.17) is 11.5 Å². The average molecular weight is 232 g/mol. The molecule has 1 aliphatic carbocycles. The quantitative estimate of drug-likeness (QED) is 0.516. The standard InChI is InChI=1S/C12H16N4O/c13-11(17)9-3-1-8(2-4-9)7-15-12(14)16-10-5-6-10/h1-4,10H,5-7H2,(H2,13,17)(H3,14,15,16). The summed E-state index contributed by atoms with van der Waals surface area (Å²) in [5, 5.41) is 3.11. The van der Waals surface area contributed by atoms with Crippen LogP contribution in [-0.4, -0.2) is 17.9 Å². The fraction of sp³-hybridized carbons (Fsp3) is 0.333. The molecule has 5 N–H and O–H groups in total. The zero-order chi connectivity index (χ0) is 12.3. The minimum Gasteiger partial charge on any atom is -0.370 e. The molecule has 1 fully saturated rings. The van der Waals surface area contributed by atoms with Crippen LogP contribution in [0.25, 0.3) is 0 Å². The molecule has 2 rings (SSSR count). The van der Waals surface area contributed by atoms with Crippen LogP contribution in [-0.2, 0) is 6.54 Å². The van der Waals surface area contributed by atoms with Gasteiger partial charge in [-0.3, -0.25) is 4.79 Å². The average Bonchev–Trinajstić information content (AvgIpc) is 3.11. The van der Waals surface area contributed by atoms with Crippen molar-refractivity contribution in [1.82, 2.24) is 5.32 Å². The Labute approximate surface area is 99.9 Å². The Morgan fingerprint density at radius 2 is 1.94 bits per heavy atom. The lowest BCUT2D eigenvalue weighted by molar-refractivity contribution is 0.100. The number of benzene rings is 1. The van der Waals surface area contributed by atoms with E-state index in [9.17, 15) is 4.79 Å². The van der Waals surface area contributed by atoms with Gasteiger partial charge in [0.2, 0.25) is 5.91 Å². The van der Waals surface area contributed by atoms with Crippen LogP contribution in [0.3, 0.4) is 0 Å². The van der Waals surface area contributed by atoms with Crippen LogP contribution in [0.5, 0.6) is 0 Å². The fourth-order valence-corrected chi connectivity index (χ4v) is 1.43. The maximum Gasteiger partial charge on any atom is 0.248 e. The first-order valence-electron chi connectivity index (χ1n) is 5.60. The molecule has 0 unspecified atom stereocenters. The zero-order valence-corrected chi connectivity index (χ0v) is 9.52. The van der Waals surface area contributed by atoms with E-state index >= 15 is 0 Å².